The largest absolute Gasteiger partial charge is 0.298 e. The minimum atomic E-state index is 0.828. The average molecular weight is 281 g/mol. The van der Waals surface area contributed by atoms with Gasteiger partial charge in [-0.25, -0.2) is 9.97 Å². The summed E-state index contributed by atoms with van der Waals surface area (Å²) in [5.74, 6) is 1.03. The fourth-order valence-corrected chi connectivity index (χ4v) is 3.12. The molecule has 1 aromatic rings. The lowest BCUT2D eigenvalue weighted by molar-refractivity contribution is 0.111. The first-order chi connectivity index (χ1) is 9.19. The molecule has 1 aliphatic heterocycles. The van der Waals surface area contributed by atoms with Crippen LogP contribution in [0.25, 0.3) is 0 Å². The number of likely N-dealkylation sites (tertiary alicyclic amines) is 1. The van der Waals surface area contributed by atoms with E-state index in [1.54, 1.807) is 24.2 Å². The maximum atomic E-state index is 4.02. The minimum absolute atomic E-state index is 0.828. The van der Waals surface area contributed by atoms with E-state index in [-0.39, 0.29) is 0 Å². The molecular weight excluding hydrogens is 254 g/mol. The van der Waals surface area contributed by atoms with E-state index in [4.69, 9.17) is 0 Å². The van der Waals surface area contributed by atoms with Gasteiger partial charge in [0.15, 0.2) is 5.16 Å². The fourth-order valence-electron chi connectivity index (χ4n) is 2.59. The molecule has 0 aliphatic carbocycles. The van der Waals surface area contributed by atoms with Crippen molar-refractivity contribution in [2.45, 2.75) is 64.2 Å². The molecule has 19 heavy (non-hydrogen) atoms. The molecule has 1 fully saturated rings. The Morgan fingerprint density at radius 1 is 1.16 bits per heavy atom. The predicted octanol–water partition coefficient (Wildman–Crippen LogP) is 3.86. The Labute approximate surface area is 122 Å². The van der Waals surface area contributed by atoms with E-state index >= 15 is 0 Å². The Balaban J connectivity index is 0.000000191. The molecule has 0 spiro atoms. The normalized spacial score (nSPS) is 23.6. The van der Waals surface area contributed by atoms with Crippen LogP contribution < -0.4 is 0 Å². The zero-order chi connectivity index (χ0) is 14.1. The molecule has 0 amide bonds. The molecular formula is C15H27N3S. The number of aromatic nitrogens is 2. The first-order valence-electron chi connectivity index (χ1n) is 7.34. The van der Waals surface area contributed by atoms with Gasteiger partial charge in [0.05, 0.1) is 0 Å². The van der Waals surface area contributed by atoms with Gasteiger partial charge in [0.2, 0.25) is 0 Å². The van der Waals surface area contributed by atoms with Crippen molar-refractivity contribution in [1.29, 1.82) is 0 Å². The third-order valence-electron chi connectivity index (χ3n) is 3.56. The minimum Gasteiger partial charge on any atom is -0.298 e. The van der Waals surface area contributed by atoms with Crippen LogP contribution in [-0.4, -0.2) is 39.2 Å². The molecule has 0 saturated carbocycles. The van der Waals surface area contributed by atoms with Gasteiger partial charge in [0, 0.05) is 24.5 Å². The third kappa shape index (κ3) is 5.91. The molecule has 0 radical (unpaired) electrons. The van der Waals surface area contributed by atoms with Gasteiger partial charge in [-0.15, -0.1) is 0 Å². The van der Waals surface area contributed by atoms with E-state index in [9.17, 15) is 0 Å². The van der Waals surface area contributed by atoms with Crippen molar-refractivity contribution < 1.29 is 0 Å². The van der Waals surface area contributed by atoms with Gasteiger partial charge in [-0.05, 0) is 45.1 Å². The smallest absolute Gasteiger partial charge is 0.187 e. The van der Waals surface area contributed by atoms with Gasteiger partial charge in [-0.1, -0.05) is 32.0 Å². The van der Waals surface area contributed by atoms with Crippen molar-refractivity contribution in [1.82, 2.24) is 14.9 Å². The predicted molar refractivity (Wildman–Crippen MR) is 83.6 cm³/mol. The van der Waals surface area contributed by atoms with Crippen molar-refractivity contribution in [2.75, 3.05) is 12.3 Å². The maximum absolute atomic E-state index is 4.02. The summed E-state index contributed by atoms with van der Waals surface area (Å²) in [5.41, 5.74) is 0. The number of piperidine rings is 1. The van der Waals surface area contributed by atoms with Crippen LogP contribution in [-0.2, 0) is 0 Å². The Morgan fingerprint density at radius 3 is 2.16 bits per heavy atom. The molecule has 1 aliphatic rings. The van der Waals surface area contributed by atoms with Crippen LogP contribution in [0, 0.1) is 0 Å². The molecule has 2 unspecified atom stereocenters. The number of nitrogens with zero attached hydrogens (tertiary/aromatic N) is 3. The summed E-state index contributed by atoms with van der Waals surface area (Å²) in [6, 6.07) is 3.47. The van der Waals surface area contributed by atoms with Gasteiger partial charge >= 0.3 is 0 Å². The molecule has 4 heteroatoms. The van der Waals surface area contributed by atoms with Crippen molar-refractivity contribution in [3.05, 3.63) is 18.5 Å². The first-order valence-corrected chi connectivity index (χ1v) is 8.33. The van der Waals surface area contributed by atoms with Crippen LogP contribution in [0.2, 0.25) is 0 Å². The van der Waals surface area contributed by atoms with Crippen molar-refractivity contribution in [2.24, 2.45) is 0 Å². The highest BCUT2D eigenvalue weighted by Gasteiger charge is 2.22. The second-order valence-corrected chi connectivity index (χ2v) is 6.15. The molecule has 2 rings (SSSR count). The van der Waals surface area contributed by atoms with Gasteiger partial charge in [0.1, 0.15) is 0 Å². The van der Waals surface area contributed by atoms with Crippen molar-refractivity contribution in [3.63, 3.8) is 0 Å². The lowest BCUT2D eigenvalue weighted by atomic mass is 9.98. The molecule has 3 nitrogen and oxygen atoms in total. The zero-order valence-corrected chi connectivity index (χ0v) is 13.5. The Kier molecular flexibility index (Phi) is 8.07. The standard InChI is InChI=1S/C9H19N.C6H8N2S/c1-4-10-8(2)6-5-7-9(10)3;1-2-9-6-7-4-3-5-8-6/h8-9H,4-7H2,1-3H3;3-5H,2H2,1H3. The highest BCUT2D eigenvalue weighted by molar-refractivity contribution is 7.99. The Hall–Kier alpha value is -0.610. The summed E-state index contributed by atoms with van der Waals surface area (Å²) in [6.45, 7) is 10.3. The summed E-state index contributed by atoms with van der Waals surface area (Å²) in [5, 5.41) is 0.861. The number of thioether (sulfide) groups is 1. The summed E-state index contributed by atoms with van der Waals surface area (Å²) >= 11 is 1.65. The van der Waals surface area contributed by atoms with E-state index < -0.39 is 0 Å². The van der Waals surface area contributed by atoms with E-state index in [0.29, 0.717) is 0 Å². The molecule has 2 heterocycles. The molecule has 0 aromatic carbocycles. The first kappa shape index (κ1) is 16.4. The topological polar surface area (TPSA) is 29.0 Å². The van der Waals surface area contributed by atoms with Crippen molar-refractivity contribution in [3.8, 4) is 0 Å². The van der Waals surface area contributed by atoms with E-state index in [1.807, 2.05) is 6.07 Å². The van der Waals surface area contributed by atoms with Gasteiger partial charge < -0.3 is 0 Å². The van der Waals surface area contributed by atoms with Crippen LogP contribution in [0.15, 0.2) is 23.6 Å². The van der Waals surface area contributed by atoms with Crippen LogP contribution in [0.4, 0.5) is 0 Å². The summed E-state index contributed by atoms with van der Waals surface area (Å²) in [7, 11) is 0. The Morgan fingerprint density at radius 2 is 1.74 bits per heavy atom. The molecule has 1 aromatic heterocycles. The monoisotopic (exact) mass is 281 g/mol. The van der Waals surface area contributed by atoms with E-state index in [2.05, 4.69) is 42.6 Å². The van der Waals surface area contributed by atoms with Crippen LogP contribution in [0.5, 0.6) is 0 Å². The van der Waals surface area contributed by atoms with E-state index in [0.717, 1.165) is 23.0 Å². The number of rotatable bonds is 3. The summed E-state index contributed by atoms with van der Waals surface area (Å²) < 4.78 is 0. The summed E-state index contributed by atoms with van der Waals surface area (Å²) in [6.07, 6.45) is 7.74. The van der Waals surface area contributed by atoms with Crippen molar-refractivity contribution >= 4 is 11.8 Å². The SMILES string of the molecule is CCN1C(C)CCCC1C.CCSc1ncccn1. The second kappa shape index (κ2) is 9.32. The van der Waals surface area contributed by atoms with Gasteiger partial charge in [-0.2, -0.15) is 0 Å². The maximum Gasteiger partial charge on any atom is 0.187 e. The van der Waals surface area contributed by atoms with Crippen LogP contribution in [0.1, 0.15) is 47.0 Å². The van der Waals surface area contributed by atoms with E-state index in [1.165, 1.54) is 25.8 Å². The molecule has 0 N–H and O–H groups in total. The number of hydrogen-bond donors (Lipinski definition) is 0. The van der Waals surface area contributed by atoms with Gasteiger partial charge in [0.25, 0.3) is 0 Å². The highest BCUT2D eigenvalue weighted by Crippen LogP contribution is 2.21. The Bertz CT molecular complexity index is 321. The average Bonchev–Trinajstić information content (AvgIpc) is 2.41. The highest BCUT2D eigenvalue weighted by atomic mass is 32.2. The molecule has 108 valence electrons. The van der Waals surface area contributed by atoms with Gasteiger partial charge in [-0.3, -0.25) is 4.90 Å². The third-order valence-corrected chi connectivity index (χ3v) is 4.31. The molecule has 1 saturated heterocycles. The number of hydrogen-bond acceptors (Lipinski definition) is 4. The quantitative estimate of drug-likeness (QED) is 0.621. The molecule has 0 bridgehead atoms. The lowest BCUT2D eigenvalue weighted by Gasteiger charge is -2.38. The lowest BCUT2D eigenvalue weighted by Crippen LogP contribution is -2.43. The second-order valence-electron chi connectivity index (χ2n) is 4.92. The fraction of sp³-hybridized carbons (Fsp3) is 0.733. The van der Waals surface area contributed by atoms with Crippen LogP contribution in [0.3, 0.4) is 0 Å². The molecule has 2 atom stereocenters. The van der Waals surface area contributed by atoms with Crippen LogP contribution >= 0.6 is 11.8 Å². The zero-order valence-electron chi connectivity index (χ0n) is 12.7. The summed E-state index contributed by atoms with van der Waals surface area (Å²) in [4.78, 5) is 10.6.